The molecule has 0 unspecified atom stereocenters. The Hall–Kier alpha value is -7.16. The molecule has 1 aliphatic rings. The molecule has 0 radical (unpaired) electrons. The first kappa shape index (κ1) is 34.1. The lowest BCUT2D eigenvalue weighted by Gasteiger charge is -2.25. The van der Waals surface area contributed by atoms with E-state index in [0.29, 0.717) is 0 Å². The lowest BCUT2D eigenvalue weighted by Crippen LogP contribution is -2.16. The van der Waals surface area contributed by atoms with Crippen molar-refractivity contribution in [3.05, 3.63) is 187 Å². The van der Waals surface area contributed by atoms with Gasteiger partial charge in [-0.25, -0.2) is 4.98 Å². The zero-order chi connectivity index (χ0) is 39.1. The first-order valence-electron chi connectivity index (χ1n) is 20.1. The van der Waals surface area contributed by atoms with E-state index in [1.807, 2.05) is 13.0 Å². The molecule has 2 heteroatoms. The number of nitrogens with zero attached hydrogens (tertiary/aromatic N) is 2. The fourth-order valence-electron chi connectivity index (χ4n) is 9.92. The average molecular weight is 741 g/mol. The van der Waals surface area contributed by atoms with Crippen molar-refractivity contribution in [1.82, 2.24) is 4.98 Å². The van der Waals surface area contributed by atoms with Gasteiger partial charge in [-0.3, -0.25) is 4.99 Å². The van der Waals surface area contributed by atoms with E-state index < -0.39 is 0 Å². The van der Waals surface area contributed by atoms with Crippen molar-refractivity contribution < 1.29 is 0 Å². The van der Waals surface area contributed by atoms with Gasteiger partial charge in [0.25, 0.3) is 0 Å². The van der Waals surface area contributed by atoms with Crippen LogP contribution in [-0.2, 0) is 5.41 Å². The van der Waals surface area contributed by atoms with Crippen LogP contribution in [0.25, 0.3) is 105 Å². The fourth-order valence-corrected chi connectivity index (χ4v) is 9.92. The summed E-state index contributed by atoms with van der Waals surface area (Å²) in [6, 6.07) is 60.2. The Labute approximate surface area is 338 Å². The molecule has 274 valence electrons. The lowest BCUT2D eigenvalue weighted by atomic mass is 9.78. The van der Waals surface area contributed by atoms with Gasteiger partial charge in [-0.15, -0.1) is 0 Å². The molecule has 9 aromatic carbocycles. The SMILES string of the molecule is C=Nc1c(/C=C\C)cccc1-c1ccc2c3ccc(-c4ccc(-c5c6c(nc7ccc8ccccc8c57)-c5ccccc5C6(C)C)cc4)cc3c3ccccc3c2c1. The zero-order valence-electron chi connectivity index (χ0n) is 32.8. The molecule has 1 heterocycles. The summed E-state index contributed by atoms with van der Waals surface area (Å²) in [7, 11) is 0. The van der Waals surface area contributed by atoms with Gasteiger partial charge < -0.3 is 0 Å². The number of hydrogen-bond acceptors (Lipinski definition) is 2. The quantitative estimate of drug-likeness (QED) is 0.127. The first-order chi connectivity index (χ1) is 28.4. The van der Waals surface area contributed by atoms with Crippen molar-refractivity contribution in [2.45, 2.75) is 26.2 Å². The number of aliphatic imine (C=N–C) groups is 1. The van der Waals surface area contributed by atoms with Crippen molar-refractivity contribution >= 4 is 72.5 Å². The molecule has 0 aliphatic heterocycles. The highest BCUT2D eigenvalue weighted by atomic mass is 14.7. The predicted molar refractivity (Wildman–Crippen MR) is 250 cm³/mol. The van der Waals surface area contributed by atoms with Crippen LogP contribution in [0, 0.1) is 0 Å². The van der Waals surface area contributed by atoms with Gasteiger partial charge in [0, 0.05) is 27.5 Å². The number of pyridine rings is 1. The summed E-state index contributed by atoms with van der Waals surface area (Å²) < 4.78 is 0. The molecule has 11 rings (SSSR count). The van der Waals surface area contributed by atoms with Crippen LogP contribution in [0.2, 0.25) is 0 Å². The van der Waals surface area contributed by atoms with Crippen molar-refractivity contribution in [2.75, 3.05) is 0 Å². The van der Waals surface area contributed by atoms with E-state index in [1.54, 1.807) is 0 Å². The molecule has 0 fully saturated rings. The second-order valence-electron chi connectivity index (χ2n) is 16.1. The molecule has 0 saturated heterocycles. The summed E-state index contributed by atoms with van der Waals surface area (Å²) in [6.45, 7) is 10.7. The number of fused-ring (bicyclic) bond motifs is 12. The highest BCUT2D eigenvalue weighted by Gasteiger charge is 2.39. The van der Waals surface area contributed by atoms with Crippen LogP contribution in [0.5, 0.6) is 0 Å². The van der Waals surface area contributed by atoms with Crippen LogP contribution >= 0.6 is 0 Å². The maximum Gasteiger partial charge on any atom is 0.0772 e. The van der Waals surface area contributed by atoms with Gasteiger partial charge in [0.1, 0.15) is 0 Å². The highest BCUT2D eigenvalue weighted by Crippen LogP contribution is 2.54. The van der Waals surface area contributed by atoms with Gasteiger partial charge in [-0.1, -0.05) is 172 Å². The first-order valence-corrected chi connectivity index (χ1v) is 20.1. The van der Waals surface area contributed by atoms with E-state index in [1.165, 1.54) is 87.4 Å². The van der Waals surface area contributed by atoms with Crippen molar-refractivity contribution in [3.8, 4) is 44.6 Å². The van der Waals surface area contributed by atoms with Crippen LogP contribution in [0.15, 0.2) is 175 Å². The molecule has 0 N–H and O–H groups in total. The summed E-state index contributed by atoms with van der Waals surface area (Å²) in [4.78, 5) is 9.87. The Bertz CT molecular complexity index is 3360. The van der Waals surface area contributed by atoms with Crippen molar-refractivity contribution in [2.24, 2.45) is 4.99 Å². The molecule has 2 nitrogen and oxygen atoms in total. The van der Waals surface area contributed by atoms with E-state index in [-0.39, 0.29) is 5.41 Å². The monoisotopic (exact) mass is 740 g/mol. The fraction of sp³-hybridized carbons (Fsp3) is 0.0714. The van der Waals surface area contributed by atoms with E-state index in [0.717, 1.165) is 33.6 Å². The van der Waals surface area contributed by atoms with Gasteiger partial charge in [0.05, 0.1) is 16.9 Å². The Morgan fingerprint density at radius 2 is 1.14 bits per heavy atom. The minimum atomic E-state index is -0.206. The largest absolute Gasteiger partial charge is 0.263 e. The van der Waals surface area contributed by atoms with Gasteiger partial charge in [-0.05, 0) is 114 Å². The zero-order valence-corrected chi connectivity index (χ0v) is 32.8. The molecular formula is C56H40N2. The van der Waals surface area contributed by atoms with Crippen LogP contribution in [0.4, 0.5) is 5.69 Å². The number of rotatable bonds is 5. The van der Waals surface area contributed by atoms with Crippen molar-refractivity contribution in [1.29, 1.82) is 0 Å². The van der Waals surface area contributed by atoms with Crippen LogP contribution < -0.4 is 0 Å². The standard InChI is InChI=1S/C56H40N2/c1-5-13-37-15-12-20-41(54(37)57-4)39-27-30-45-44-29-26-38(32-47(44)42-17-8-9-18-43(42)48(45)33-39)34-22-24-36(25-23-34)51-52-40-16-7-6-14-35(40)28-31-50(52)58-55-46-19-10-11-21-49(46)56(2,3)53(51)55/h5-33H,4H2,1-3H3/b13-5-. The van der Waals surface area contributed by atoms with Crippen LogP contribution in [-0.4, -0.2) is 11.7 Å². The molecule has 0 amide bonds. The third-order valence-corrected chi connectivity index (χ3v) is 12.6. The molecule has 0 spiro atoms. The van der Waals surface area contributed by atoms with E-state index in [2.05, 4.69) is 195 Å². The lowest BCUT2D eigenvalue weighted by molar-refractivity contribution is 0.662. The average Bonchev–Trinajstić information content (AvgIpc) is 3.50. The number of benzene rings is 9. The van der Waals surface area contributed by atoms with Crippen LogP contribution in [0.3, 0.4) is 0 Å². The van der Waals surface area contributed by atoms with E-state index in [9.17, 15) is 0 Å². The number of hydrogen-bond donors (Lipinski definition) is 0. The Morgan fingerprint density at radius 3 is 1.88 bits per heavy atom. The molecule has 0 bridgehead atoms. The summed E-state index contributed by atoms with van der Waals surface area (Å²) in [6.07, 6.45) is 4.14. The Balaban J connectivity index is 1.07. The van der Waals surface area contributed by atoms with Crippen LogP contribution in [0.1, 0.15) is 37.5 Å². The normalized spacial score (nSPS) is 13.2. The minimum Gasteiger partial charge on any atom is -0.263 e. The highest BCUT2D eigenvalue weighted by molar-refractivity contribution is 6.26. The maximum atomic E-state index is 5.40. The predicted octanol–water partition coefficient (Wildman–Crippen LogP) is 15.5. The summed E-state index contributed by atoms with van der Waals surface area (Å²) in [5.74, 6) is 0. The van der Waals surface area contributed by atoms with Crippen molar-refractivity contribution in [3.63, 3.8) is 0 Å². The van der Waals surface area contributed by atoms with E-state index in [4.69, 9.17) is 4.98 Å². The number of para-hydroxylation sites is 1. The van der Waals surface area contributed by atoms with Gasteiger partial charge >= 0.3 is 0 Å². The Kier molecular flexibility index (Phi) is 7.61. The van der Waals surface area contributed by atoms with Gasteiger partial charge in [0.15, 0.2) is 0 Å². The maximum absolute atomic E-state index is 5.40. The topological polar surface area (TPSA) is 25.2 Å². The molecule has 0 atom stereocenters. The van der Waals surface area contributed by atoms with E-state index >= 15 is 0 Å². The molecule has 1 aromatic heterocycles. The number of allylic oxidation sites excluding steroid dienone is 1. The molecule has 0 saturated carbocycles. The second kappa shape index (κ2) is 12.9. The smallest absolute Gasteiger partial charge is 0.0772 e. The third-order valence-electron chi connectivity index (χ3n) is 12.6. The Morgan fingerprint density at radius 1 is 0.534 bits per heavy atom. The van der Waals surface area contributed by atoms with Gasteiger partial charge in [-0.2, -0.15) is 0 Å². The molecule has 58 heavy (non-hydrogen) atoms. The third kappa shape index (κ3) is 4.98. The number of aromatic nitrogens is 1. The summed E-state index contributed by atoms with van der Waals surface area (Å²) >= 11 is 0. The summed E-state index contributed by atoms with van der Waals surface area (Å²) in [5, 5.41) is 11.2. The van der Waals surface area contributed by atoms with Gasteiger partial charge in [0.2, 0.25) is 0 Å². The molecular weight excluding hydrogens is 701 g/mol. The minimum absolute atomic E-state index is 0.206. The second-order valence-corrected chi connectivity index (χ2v) is 16.1. The summed E-state index contributed by atoms with van der Waals surface area (Å²) in [5.41, 5.74) is 14.9. The molecule has 10 aromatic rings. The molecule has 1 aliphatic carbocycles.